The smallest absolute Gasteiger partial charge is 1.00 e. The van der Waals surface area contributed by atoms with E-state index in [-0.39, 0.29) is 31.0 Å². The van der Waals surface area contributed by atoms with Crippen LogP contribution in [0.1, 0.15) is 1.43 Å². The van der Waals surface area contributed by atoms with E-state index in [9.17, 15) is 0 Å². The first-order chi connectivity index (χ1) is 3.00. The van der Waals surface area contributed by atoms with E-state index in [1.807, 2.05) is 0 Å². The molecule has 1 aromatic heterocycles. The molecule has 0 aromatic carbocycles. The zero-order chi connectivity index (χ0) is 4.24. The first-order valence-electron chi connectivity index (χ1n) is 1.58. The predicted octanol–water partition coefficient (Wildman–Crippen LogP) is -3.01. The fourth-order valence-corrected chi connectivity index (χ4v) is 0.205. The molecule has 0 saturated carbocycles. The van der Waals surface area contributed by atoms with Crippen LogP contribution in [0.25, 0.3) is 0 Å². The largest absolute Gasteiger partial charge is 1.00 e. The van der Waals surface area contributed by atoms with Crippen LogP contribution in [-0.2, 0) is 0 Å². The van der Waals surface area contributed by atoms with Crippen molar-refractivity contribution in [3.63, 3.8) is 0 Å². The second-order valence-electron chi connectivity index (χ2n) is 0.811. The SMILES string of the molecule is [H-].[Na+].c1cnnnc1. The van der Waals surface area contributed by atoms with Crippen molar-refractivity contribution in [1.82, 2.24) is 15.4 Å². The number of rotatable bonds is 0. The van der Waals surface area contributed by atoms with Crippen molar-refractivity contribution in [2.24, 2.45) is 0 Å². The second kappa shape index (κ2) is 4.18. The van der Waals surface area contributed by atoms with E-state index >= 15 is 0 Å². The third-order valence-corrected chi connectivity index (χ3v) is 0.409. The molecule has 0 amide bonds. The molecule has 0 aliphatic carbocycles. The molecule has 1 aromatic rings. The molecule has 1 rings (SSSR count). The molecule has 7 heavy (non-hydrogen) atoms. The van der Waals surface area contributed by atoms with E-state index in [2.05, 4.69) is 15.4 Å². The van der Waals surface area contributed by atoms with Gasteiger partial charge in [-0.1, -0.05) is 0 Å². The van der Waals surface area contributed by atoms with Crippen LogP contribution in [0.2, 0.25) is 0 Å². The normalized spacial score (nSPS) is 6.86. The first kappa shape index (κ1) is 7.01. The second-order valence-corrected chi connectivity index (χ2v) is 0.811. The summed E-state index contributed by atoms with van der Waals surface area (Å²) >= 11 is 0. The van der Waals surface area contributed by atoms with Crippen LogP contribution in [0.3, 0.4) is 0 Å². The minimum absolute atomic E-state index is 0. The van der Waals surface area contributed by atoms with Crippen LogP contribution in [0.15, 0.2) is 18.5 Å². The fraction of sp³-hybridized carbons (Fsp3) is 0. The maximum atomic E-state index is 3.42. The van der Waals surface area contributed by atoms with Crippen molar-refractivity contribution < 1.29 is 31.0 Å². The molecule has 0 spiro atoms. The van der Waals surface area contributed by atoms with Gasteiger partial charge < -0.3 is 1.43 Å². The monoisotopic (exact) mass is 105 g/mol. The predicted molar refractivity (Wildman–Crippen MR) is 20.9 cm³/mol. The van der Waals surface area contributed by atoms with Crippen LogP contribution in [0, 0.1) is 0 Å². The Bertz CT molecular complexity index is 86.5. The Labute approximate surface area is 64.9 Å². The maximum Gasteiger partial charge on any atom is 1.00 e. The topological polar surface area (TPSA) is 38.7 Å². The Balaban J connectivity index is 0. The number of hydrogen-bond acceptors (Lipinski definition) is 3. The standard InChI is InChI=1S/C3H3N3.Na.H/c1-2-4-6-5-3-1;;/h1-3H;;/q;+1;-1. The van der Waals surface area contributed by atoms with Crippen LogP contribution in [-0.4, -0.2) is 15.4 Å². The first-order valence-corrected chi connectivity index (χ1v) is 1.58. The fourth-order valence-electron chi connectivity index (χ4n) is 0.205. The molecule has 0 fully saturated rings. The van der Waals surface area contributed by atoms with Crippen molar-refractivity contribution in [3.8, 4) is 0 Å². The van der Waals surface area contributed by atoms with Gasteiger partial charge in [0.1, 0.15) is 0 Å². The Morgan fingerprint density at radius 3 is 1.86 bits per heavy atom. The maximum absolute atomic E-state index is 3.42. The van der Waals surface area contributed by atoms with Gasteiger partial charge in [0.2, 0.25) is 0 Å². The number of aromatic nitrogens is 3. The van der Waals surface area contributed by atoms with Crippen LogP contribution >= 0.6 is 0 Å². The van der Waals surface area contributed by atoms with Gasteiger partial charge in [-0.25, -0.2) is 0 Å². The molecule has 0 N–H and O–H groups in total. The minimum Gasteiger partial charge on any atom is -1.00 e. The average Bonchev–Trinajstić information content (AvgIpc) is 1.72. The molecule has 0 atom stereocenters. The molecular weight excluding hydrogens is 101 g/mol. The van der Waals surface area contributed by atoms with Crippen LogP contribution < -0.4 is 29.6 Å². The third kappa shape index (κ3) is 2.68. The van der Waals surface area contributed by atoms with Crippen molar-refractivity contribution in [1.29, 1.82) is 0 Å². The van der Waals surface area contributed by atoms with Crippen LogP contribution in [0.4, 0.5) is 0 Å². The summed E-state index contributed by atoms with van der Waals surface area (Å²) in [4.78, 5) is 0. The van der Waals surface area contributed by atoms with Crippen molar-refractivity contribution in [2.45, 2.75) is 0 Å². The summed E-state index contributed by atoms with van der Waals surface area (Å²) in [7, 11) is 0. The summed E-state index contributed by atoms with van der Waals surface area (Å²) in [6.45, 7) is 0. The molecule has 0 aliphatic heterocycles. The summed E-state index contributed by atoms with van der Waals surface area (Å²) in [5.41, 5.74) is 0. The summed E-state index contributed by atoms with van der Waals surface area (Å²) in [5.74, 6) is 0. The van der Waals surface area contributed by atoms with E-state index in [0.717, 1.165) is 0 Å². The third-order valence-electron chi connectivity index (χ3n) is 0.409. The quantitative estimate of drug-likeness (QED) is 0.330. The van der Waals surface area contributed by atoms with Gasteiger partial charge in [0.25, 0.3) is 0 Å². The molecule has 3 nitrogen and oxygen atoms in total. The molecule has 4 heteroatoms. The molecule has 32 valence electrons. The zero-order valence-electron chi connectivity index (χ0n) is 5.07. The van der Waals surface area contributed by atoms with E-state index in [0.29, 0.717) is 0 Å². The van der Waals surface area contributed by atoms with Crippen LogP contribution in [0.5, 0.6) is 0 Å². The molecule has 0 radical (unpaired) electrons. The van der Waals surface area contributed by atoms with Gasteiger partial charge in [-0.15, -0.1) is 10.2 Å². The van der Waals surface area contributed by atoms with Gasteiger partial charge in [-0.3, -0.25) is 0 Å². The number of nitrogens with zero attached hydrogens (tertiary/aromatic N) is 3. The van der Waals surface area contributed by atoms with E-state index in [4.69, 9.17) is 0 Å². The van der Waals surface area contributed by atoms with Crippen molar-refractivity contribution in [3.05, 3.63) is 18.5 Å². The van der Waals surface area contributed by atoms with Gasteiger partial charge in [-0.05, 0) is 11.3 Å². The zero-order valence-corrected chi connectivity index (χ0v) is 6.07. The van der Waals surface area contributed by atoms with Gasteiger partial charge in [0.05, 0.1) is 12.4 Å². The Hall–Kier alpha value is 0.0100. The van der Waals surface area contributed by atoms with Crippen molar-refractivity contribution >= 4 is 0 Å². The molecule has 0 aliphatic rings. The summed E-state index contributed by atoms with van der Waals surface area (Å²) in [5, 5.41) is 10.1. The molecule has 0 bridgehead atoms. The molecular formula is C3H4N3Na. The van der Waals surface area contributed by atoms with Crippen molar-refractivity contribution in [2.75, 3.05) is 0 Å². The Morgan fingerprint density at radius 1 is 1.14 bits per heavy atom. The minimum atomic E-state index is 0. The van der Waals surface area contributed by atoms with Gasteiger partial charge >= 0.3 is 29.6 Å². The Morgan fingerprint density at radius 2 is 1.71 bits per heavy atom. The Kier molecular flexibility index (Phi) is 4.18. The summed E-state index contributed by atoms with van der Waals surface area (Å²) < 4.78 is 0. The summed E-state index contributed by atoms with van der Waals surface area (Å²) in [6, 6.07) is 1.72. The van der Waals surface area contributed by atoms with E-state index in [1.165, 1.54) is 0 Å². The van der Waals surface area contributed by atoms with E-state index < -0.39 is 0 Å². The molecule has 0 unspecified atom stereocenters. The average molecular weight is 105 g/mol. The summed E-state index contributed by atoms with van der Waals surface area (Å²) in [6.07, 6.45) is 3.15. The van der Waals surface area contributed by atoms with Gasteiger partial charge in [0, 0.05) is 0 Å². The molecule has 0 saturated heterocycles. The van der Waals surface area contributed by atoms with Gasteiger partial charge in [0.15, 0.2) is 0 Å². The van der Waals surface area contributed by atoms with E-state index in [1.54, 1.807) is 18.5 Å². The van der Waals surface area contributed by atoms with Gasteiger partial charge in [-0.2, -0.15) is 0 Å². The number of hydrogen-bond donors (Lipinski definition) is 0. The molecule has 1 heterocycles.